The number of rotatable bonds is 9. The van der Waals surface area contributed by atoms with Gasteiger partial charge >= 0.3 is 23.9 Å². The van der Waals surface area contributed by atoms with Crippen LogP contribution in [-0.2, 0) is 42.9 Å². The molecule has 0 aliphatic rings. The first kappa shape index (κ1) is 15.1. The van der Waals surface area contributed by atoms with E-state index in [9.17, 15) is 29.1 Å². The Morgan fingerprint density at radius 3 is 1.79 bits per heavy atom. The number of aliphatic hydroxyl groups is 1. The Hall–Kier alpha value is -2.49. The fraction of sp³-hybridized carbons (Fsp3) is 0.643. The Bertz CT molecular complexity index is 558. The molecule has 0 saturated heterocycles. The maximum absolute atomic E-state index is 11.6. The highest BCUT2D eigenvalue weighted by molar-refractivity contribution is 5.72. The lowest BCUT2D eigenvalue weighted by Crippen LogP contribution is -2.53. The van der Waals surface area contributed by atoms with Gasteiger partial charge in [-0.1, -0.05) is 0 Å². The van der Waals surface area contributed by atoms with Gasteiger partial charge in [0.05, 0.1) is 6.61 Å². The smallest absolute Gasteiger partial charge is 0.303 e. The SMILES string of the molecule is [2H]CC(=O)O[C@H]([C@H](OC(=O)C[2H])[C@@H](C=O)OC(=O)C[2H])[C@@H](CO)OC(=O)C[2H]. The van der Waals surface area contributed by atoms with E-state index in [0.717, 1.165) is 0 Å². The lowest BCUT2D eigenvalue weighted by Gasteiger charge is -2.33. The van der Waals surface area contributed by atoms with Crippen LogP contribution in [0.4, 0.5) is 0 Å². The minimum Gasteiger partial charge on any atom is -0.456 e. The number of carbonyl (C=O) groups is 5. The highest BCUT2D eigenvalue weighted by atomic mass is 16.6. The minimum atomic E-state index is -1.96. The molecule has 0 aromatic carbocycles. The number of hydrogen-bond donors (Lipinski definition) is 1. The van der Waals surface area contributed by atoms with Crippen molar-refractivity contribution in [2.45, 2.75) is 52.0 Å². The lowest BCUT2D eigenvalue weighted by atomic mass is 10.0. The van der Waals surface area contributed by atoms with Gasteiger partial charge in [-0.3, -0.25) is 24.0 Å². The van der Waals surface area contributed by atoms with Gasteiger partial charge in [0.25, 0.3) is 0 Å². The summed E-state index contributed by atoms with van der Waals surface area (Å²) in [5, 5.41) is 9.47. The normalized spacial score (nSPS) is 17.4. The first-order chi connectivity index (χ1) is 13.3. The summed E-state index contributed by atoms with van der Waals surface area (Å²) in [4.78, 5) is 57.3. The van der Waals surface area contributed by atoms with Gasteiger partial charge in [0.15, 0.2) is 30.7 Å². The van der Waals surface area contributed by atoms with Gasteiger partial charge in [-0.25, -0.2) is 0 Å². The molecule has 0 rings (SSSR count). The zero-order chi connectivity index (χ0) is 21.7. The molecule has 0 aromatic heterocycles. The quantitative estimate of drug-likeness (QED) is 0.309. The van der Waals surface area contributed by atoms with E-state index in [2.05, 4.69) is 4.74 Å². The van der Waals surface area contributed by atoms with Gasteiger partial charge in [-0.15, -0.1) is 0 Å². The third-order valence-electron chi connectivity index (χ3n) is 2.41. The van der Waals surface area contributed by atoms with E-state index < -0.39 is 82.5 Å². The summed E-state index contributed by atoms with van der Waals surface area (Å²) in [5.74, 6) is -4.84. The highest BCUT2D eigenvalue weighted by Crippen LogP contribution is 2.18. The Morgan fingerprint density at radius 2 is 1.33 bits per heavy atom. The Labute approximate surface area is 143 Å². The van der Waals surface area contributed by atoms with Gasteiger partial charge in [0, 0.05) is 33.1 Å². The topological polar surface area (TPSA) is 142 Å². The average Bonchev–Trinajstić information content (AvgIpc) is 2.71. The second kappa shape index (κ2) is 10.3. The maximum atomic E-state index is 11.6. The summed E-state index contributed by atoms with van der Waals surface area (Å²) in [6, 6.07) is 0. The summed E-state index contributed by atoms with van der Waals surface area (Å²) in [5.41, 5.74) is 0. The molecule has 0 saturated carbocycles. The molecule has 0 heterocycles. The summed E-state index contributed by atoms with van der Waals surface area (Å²) < 4.78 is 46.9. The molecule has 0 radical (unpaired) electrons. The van der Waals surface area contributed by atoms with Gasteiger partial charge < -0.3 is 24.1 Å². The Morgan fingerprint density at radius 1 is 0.875 bits per heavy atom. The first-order valence-electron chi connectivity index (χ1n) is 9.11. The largest absolute Gasteiger partial charge is 0.456 e. The van der Waals surface area contributed by atoms with Crippen molar-refractivity contribution in [3.8, 4) is 0 Å². The van der Waals surface area contributed by atoms with Crippen LogP contribution in [0.25, 0.3) is 0 Å². The minimum absolute atomic E-state index is 0.0161. The van der Waals surface area contributed by atoms with Crippen molar-refractivity contribution in [3.05, 3.63) is 0 Å². The van der Waals surface area contributed by atoms with Gasteiger partial charge in [-0.2, -0.15) is 0 Å². The maximum Gasteiger partial charge on any atom is 0.303 e. The van der Waals surface area contributed by atoms with Crippen LogP contribution in [-0.4, -0.2) is 66.3 Å². The van der Waals surface area contributed by atoms with Crippen molar-refractivity contribution in [2.75, 3.05) is 6.61 Å². The van der Waals surface area contributed by atoms with Crippen LogP contribution in [0.15, 0.2) is 0 Å². The Balaban J connectivity index is 6.02. The summed E-state index contributed by atoms with van der Waals surface area (Å²) in [6.45, 7) is -4.67. The van der Waals surface area contributed by atoms with Gasteiger partial charge in [0.1, 0.15) is 0 Å². The molecule has 0 amide bonds. The van der Waals surface area contributed by atoms with E-state index in [1.165, 1.54) is 0 Å². The van der Waals surface area contributed by atoms with Crippen LogP contribution in [0.3, 0.4) is 0 Å². The highest BCUT2D eigenvalue weighted by Gasteiger charge is 2.43. The molecule has 0 spiro atoms. The van der Waals surface area contributed by atoms with Crippen LogP contribution in [0.2, 0.25) is 0 Å². The summed E-state index contributed by atoms with van der Waals surface area (Å²) >= 11 is 0. The number of hydrogen-bond acceptors (Lipinski definition) is 10. The molecule has 4 atom stereocenters. The van der Waals surface area contributed by atoms with Crippen molar-refractivity contribution < 1.29 is 53.5 Å². The zero-order valence-electron chi connectivity index (χ0n) is 16.5. The second-order valence-corrected chi connectivity index (χ2v) is 4.21. The fourth-order valence-corrected chi connectivity index (χ4v) is 1.68. The van der Waals surface area contributed by atoms with E-state index >= 15 is 0 Å². The molecule has 0 aliphatic carbocycles. The number of esters is 4. The summed E-state index contributed by atoms with van der Waals surface area (Å²) in [7, 11) is 0. The second-order valence-electron chi connectivity index (χ2n) is 4.21. The fourth-order valence-electron chi connectivity index (χ4n) is 1.68. The zero-order valence-corrected chi connectivity index (χ0v) is 12.5. The Kier molecular flexibility index (Phi) is 6.47. The molecule has 0 fully saturated rings. The van der Waals surface area contributed by atoms with Crippen LogP contribution in [0, 0.1) is 0 Å². The van der Waals surface area contributed by atoms with E-state index in [1.807, 2.05) is 0 Å². The molecule has 0 aliphatic heterocycles. The molecule has 0 unspecified atom stereocenters. The van der Waals surface area contributed by atoms with Crippen LogP contribution in [0.1, 0.15) is 33.1 Å². The molecular formula is C14H20O10. The number of ether oxygens (including phenoxy) is 4. The lowest BCUT2D eigenvalue weighted by molar-refractivity contribution is -0.199. The van der Waals surface area contributed by atoms with E-state index in [4.69, 9.17) is 19.7 Å². The molecule has 1 N–H and O–H groups in total. The first-order valence-corrected chi connectivity index (χ1v) is 6.28. The van der Waals surface area contributed by atoms with Crippen molar-refractivity contribution in [3.63, 3.8) is 0 Å². The number of aldehydes is 1. The third kappa shape index (κ3) is 7.68. The van der Waals surface area contributed by atoms with Crippen LogP contribution < -0.4 is 0 Å². The average molecular weight is 352 g/mol. The predicted octanol–water partition coefficient (Wildman–Crippen LogP) is -1.10. The van der Waals surface area contributed by atoms with E-state index in [-0.39, 0.29) is 6.29 Å². The van der Waals surface area contributed by atoms with Crippen LogP contribution in [0.5, 0.6) is 0 Å². The number of aliphatic hydroxyl groups excluding tert-OH is 1. The summed E-state index contributed by atoms with van der Waals surface area (Å²) in [6.07, 6.45) is -7.59. The molecule has 10 nitrogen and oxygen atoms in total. The van der Waals surface area contributed by atoms with Crippen molar-refractivity contribution in [1.29, 1.82) is 0 Å². The number of carbonyl (C=O) groups excluding carboxylic acids is 5. The van der Waals surface area contributed by atoms with Crippen molar-refractivity contribution in [1.82, 2.24) is 0 Å². The third-order valence-corrected chi connectivity index (χ3v) is 2.41. The van der Waals surface area contributed by atoms with Gasteiger partial charge in [0.2, 0.25) is 0 Å². The van der Waals surface area contributed by atoms with E-state index in [0.29, 0.717) is 0 Å². The van der Waals surface area contributed by atoms with Gasteiger partial charge in [-0.05, 0) is 0 Å². The van der Waals surface area contributed by atoms with E-state index in [1.54, 1.807) is 0 Å². The molecule has 0 bridgehead atoms. The van der Waals surface area contributed by atoms with Crippen molar-refractivity contribution in [2.24, 2.45) is 0 Å². The van der Waals surface area contributed by atoms with Crippen LogP contribution >= 0.6 is 0 Å². The molecule has 24 heavy (non-hydrogen) atoms. The molecule has 10 heteroatoms. The molecule has 0 aromatic rings. The predicted molar refractivity (Wildman–Crippen MR) is 75.4 cm³/mol. The van der Waals surface area contributed by atoms with Crippen molar-refractivity contribution >= 4 is 30.2 Å². The molecular weight excluding hydrogens is 328 g/mol. The molecule has 136 valence electrons. The monoisotopic (exact) mass is 352 g/mol. The standard InChI is InChI=1S/C14H20O10/c1-7(17)21-11(5-15)13(23-9(3)19)14(24-10(4)20)12(6-16)22-8(2)18/h5,11-14,16H,6H2,1-4H3/t11-,12-,13-,14+/m1/s1/i1D,2D,3D,4D.